The summed E-state index contributed by atoms with van der Waals surface area (Å²) in [5.41, 5.74) is -1.56. The van der Waals surface area contributed by atoms with Gasteiger partial charge in [-0.25, -0.2) is 39.2 Å². The standard InChI is InChI=1S/C21H16F4N2O6S2/c1-2-33-21(28)12-9-10-17(26-34(29,30)19-13(22)5-3-6-14(19)23)18(11-12)27-35(31,32)20-15(24)7-4-8-16(20)25/h3-11,26-27H,2H2,1H3. The van der Waals surface area contributed by atoms with E-state index in [1.165, 1.54) is 6.92 Å². The molecule has 0 aliphatic heterocycles. The van der Waals surface area contributed by atoms with Crippen LogP contribution in [0.2, 0.25) is 0 Å². The van der Waals surface area contributed by atoms with Crippen LogP contribution in [0.5, 0.6) is 0 Å². The predicted molar refractivity (Wildman–Crippen MR) is 117 cm³/mol. The Bertz CT molecular complexity index is 1470. The van der Waals surface area contributed by atoms with Crippen LogP contribution in [-0.2, 0) is 24.8 Å². The van der Waals surface area contributed by atoms with Gasteiger partial charge in [0, 0.05) is 0 Å². The number of ether oxygens (including phenoxy) is 1. The zero-order valence-electron chi connectivity index (χ0n) is 17.7. The van der Waals surface area contributed by atoms with E-state index in [1.807, 2.05) is 4.72 Å². The third-order valence-corrected chi connectivity index (χ3v) is 7.23. The molecule has 35 heavy (non-hydrogen) atoms. The molecule has 2 N–H and O–H groups in total. The Morgan fingerprint density at radius 2 is 1.17 bits per heavy atom. The zero-order chi connectivity index (χ0) is 26.0. The number of hydrogen-bond donors (Lipinski definition) is 2. The molecule has 0 bridgehead atoms. The van der Waals surface area contributed by atoms with E-state index in [1.54, 1.807) is 4.72 Å². The summed E-state index contributed by atoms with van der Waals surface area (Å²) in [7, 11) is -10.00. The summed E-state index contributed by atoms with van der Waals surface area (Å²) in [4.78, 5) is 9.35. The van der Waals surface area contributed by atoms with E-state index in [9.17, 15) is 39.2 Å². The second-order valence-electron chi connectivity index (χ2n) is 6.79. The van der Waals surface area contributed by atoms with Gasteiger partial charge in [0.15, 0.2) is 9.79 Å². The number of carbonyl (C=O) groups is 1. The molecule has 0 unspecified atom stereocenters. The summed E-state index contributed by atoms with van der Waals surface area (Å²) >= 11 is 0. The molecule has 0 heterocycles. The van der Waals surface area contributed by atoms with E-state index in [0.29, 0.717) is 24.3 Å². The molecule has 0 amide bonds. The Kier molecular flexibility index (Phi) is 7.36. The molecule has 186 valence electrons. The summed E-state index contributed by atoms with van der Waals surface area (Å²) in [6.07, 6.45) is 0. The van der Waals surface area contributed by atoms with E-state index in [2.05, 4.69) is 0 Å². The fourth-order valence-electron chi connectivity index (χ4n) is 2.93. The average molecular weight is 532 g/mol. The molecular formula is C21H16F4N2O6S2. The van der Waals surface area contributed by atoms with Gasteiger partial charge in [-0.15, -0.1) is 0 Å². The second-order valence-corrected chi connectivity index (χ2v) is 10.0. The minimum atomic E-state index is -5.02. The van der Waals surface area contributed by atoms with Crippen LogP contribution in [0, 0.1) is 23.3 Å². The Morgan fingerprint density at radius 1 is 0.743 bits per heavy atom. The van der Waals surface area contributed by atoms with Gasteiger partial charge in [-0.2, -0.15) is 0 Å². The van der Waals surface area contributed by atoms with E-state index in [4.69, 9.17) is 4.74 Å². The zero-order valence-corrected chi connectivity index (χ0v) is 19.3. The summed E-state index contributed by atoms with van der Waals surface area (Å²) < 4.78 is 116. The first-order valence-corrected chi connectivity index (χ1v) is 12.6. The molecule has 3 rings (SSSR count). The molecule has 0 aromatic heterocycles. The van der Waals surface area contributed by atoms with Crippen LogP contribution in [0.4, 0.5) is 28.9 Å². The fraction of sp³-hybridized carbons (Fsp3) is 0.0952. The van der Waals surface area contributed by atoms with Gasteiger partial charge in [0.2, 0.25) is 0 Å². The van der Waals surface area contributed by atoms with Crippen LogP contribution in [0.1, 0.15) is 17.3 Å². The smallest absolute Gasteiger partial charge is 0.338 e. The number of hydrogen-bond acceptors (Lipinski definition) is 6. The van der Waals surface area contributed by atoms with Crippen LogP contribution in [0.25, 0.3) is 0 Å². The van der Waals surface area contributed by atoms with Gasteiger partial charge >= 0.3 is 5.97 Å². The topological polar surface area (TPSA) is 119 Å². The SMILES string of the molecule is CCOC(=O)c1ccc(NS(=O)(=O)c2c(F)cccc2F)c(NS(=O)(=O)c2c(F)cccc2F)c1. The fourth-order valence-corrected chi connectivity index (χ4v) is 5.36. The molecule has 3 aromatic carbocycles. The maximum atomic E-state index is 14.1. The molecule has 0 aliphatic rings. The number of rotatable bonds is 8. The van der Waals surface area contributed by atoms with E-state index in [-0.39, 0.29) is 12.2 Å². The number of halogens is 4. The van der Waals surface area contributed by atoms with Crippen molar-refractivity contribution < 1.29 is 43.9 Å². The first-order valence-electron chi connectivity index (χ1n) is 9.62. The van der Waals surface area contributed by atoms with Crippen molar-refractivity contribution in [3.8, 4) is 0 Å². The van der Waals surface area contributed by atoms with Crippen LogP contribution in [0.15, 0.2) is 64.4 Å². The molecule has 0 fully saturated rings. The Labute approximate surface area is 197 Å². The van der Waals surface area contributed by atoms with Gasteiger partial charge in [-0.3, -0.25) is 9.44 Å². The maximum Gasteiger partial charge on any atom is 0.338 e. The van der Waals surface area contributed by atoms with Crippen molar-refractivity contribution >= 4 is 37.4 Å². The lowest BCUT2D eigenvalue weighted by Crippen LogP contribution is -2.21. The van der Waals surface area contributed by atoms with E-state index >= 15 is 0 Å². The first kappa shape index (κ1) is 26.0. The van der Waals surface area contributed by atoms with Gasteiger partial charge < -0.3 is 4.74 Å². The normalized spacial score (nSPS) is 11.7. The Balaban J connectivity index is 2.13. The Morgan fingerprint density at radius 3 is 1.60 bits per heavy atom. The van der Waals surface area contributed by atoms with Crippen molar-refractivity contribution in [2.24, 2.45) is 0 Å². The van der Waals surface area contributed by atoms with E-state index < -0.39 is 70.5 Å². The molecule has 0 radical (unpaired) electrons. The molecular weight excluding hydrogens is 516 g/mol. The van der Waals surface area contributed by atoms with Gasteiger partial charge in [0.1, 0.15) is 23.3 Å². The quantitative estimate of drug-likeness (QED) is 0.334. The van der Waals surface area contributed by atoms with Crippen molar-refractivity contribution in [2.75, 3.05) is 16.1 Å². The largest absolute Gasteiger partial charge is 0.462 e. The highest BCUT2D eigenvalue weighted by Gasteiger charge is 2.28. The van der Waals surface area contributed by atoms with Crippen LogP contribution < -0.4 is 9.44 Å². The molecule has 0 atom stereocenters. The number of sulfonamides is 2. The summed E-state index contributed by atoms with van der Waals surface area (Å²) in [5.74, 6) is -6.70. The van der Waals surface area contributed by atoms with Crippen LogP contribution in [-0.4, -0.2) is 29.4 Å². The lowest BCUT2D eigenvalue weighted by Gasteiger charge is -2.16. The maximum absolute atomic E-state index is 14.1. The molecule has 8 nitrogen and oxygen atoms in total. The number of benzene rings is 3. The van der Waals surface area contributed by atoms with Crippen molar-refractivity contribution in [2.45, 2.75) is 16.7 Å². The number of anilines is 2. The highest BCUT2D eigenvalue weighted by Crippen LogP contribution is 2.31. The second kappa shape index (κ2) is 9.92. The molecule has 3 aromatic rings. The third-order valence-electron chi connectivity index (χ3n) is 4.39. The first-order chi connectivity index (χ1) is 16.4. The summed E-state index contributed by atoms with van der Waals surface area (Å²) in [5, 5.41) is 0. The average Bonchev–Trinajstić information content (AvgIpc) is 2.74. The highest BCUT2D eigenvalue weighted by molar-refractivity contribution is 7.93. The van der Waals surface area contributed by atoms with Crippen molar-refractivity contribution in [3.63, 3.8) is 0 Å². The number of carbonyl (C=O) groups excluding carboxylic acids is 1. The Hall–Kier alpha value is -3.65. The number of nitrogens with one attached hydrogen (secondary N) is 2. The highest BCUT2D eigenvalue weighted by atomic mass is 32.2. The third kappa shape index (κ3) is 5.54. The van der Waals surface area contributed by atoms with Gasteiger partial charge in [-0.1, -0.05) is 12.1 Å². The monoisotopic (exact) mass is 532 g/mol. The minimum Gasteiger partial charge on any atom is -0.462 e. The van der Waals surface area contributed by atoms with Crippen molar-refractivity contribution in [1.29, 1.82) is 0 Å². The minimum absolute atomic E-state index is 0.0543. The number of esters is 1. The predicted octanol–water partition coefficient (Wildman–Crippen LogP) is 4.02. The van der Waals surface area contributed by atoms with Gasteiger partial charge in [0.05, 0.1) is 23.5 Å². The van der Waals surface area contributed by atoms with Crippen molar-refractivity contribution in [3.05, 3.63) is 83.4 Å². The van der Waals surface area contributed by atoms with Gasteiger partial charge in [0.25, 0.3) is 20.0 Å². The van der Waals surface area contributed by atoms with E-state index in [0.717, 1.165) is 30.3 Å². The molecule has 0 spiro atoms. The van der Waals surface area contributed by atoms with Crippen molar-refractivity contribution in [1.82, 2.24) is 0 Å². The summed E-state index contributed by atoms with van der Waals surface area (Å²) in [6, 6.07) is 7.34. The summed E-state index contributed by atoms with van der Waals surface area (Å²) in [6.45, 7) is 1.44. The van der Waals surface area contributed by atoms with Gasteiger partial charge in [-0.05, 0) is 49.4 Å². The van der Waals surface area contributed by atoms with Crippen LogP contribution in [0.3, 0.4) is 0 Å². The molecule has 0 aliphatic carbocycles. The molecule has 14 heteroatoms. The van der Waals surface area contributed by atoms with Crippen LogP contribution >= 0.6 is 0 Å². The lowest BCUT2D eigenvalue weighted by molar-refractivity contribution is 0.0526. The lowest BCUT2D eigenvalue weighted by atomic mass is 10.2. The molecule has 0 saturated heterocycles. The molecule has 0 saturated carbocycles.